The Bertz CT molecular complexity index is 685. The summed E-state index contributed by atoms with van der Waals surface area (Å²) in [5, 5.41) is 9.67. The van der Waals surface area contributed by atoms with E-state index in [2.05, 4.69) is 0 Å². The van der Waals surface area contributed by atoms with Crippen LogP contribution in [0.25, 0.3) is 0 Å². The Morgan fingerprint density at radius 3 is 2.43 bits per heavy atom. The van der Waals surface area contributed by atoms with Crippen molar-refractivity contribution in [2.45, 2.75) is 13.0 Å². The van der Waals surface area contributed by atoms with E-state index < -0.39 is 11.9 Å². The number of aliphatic hydroxyl groups excluding tert-OH is 1. The number of rotatable bonds is 5. The lowest BCUT2D eigenvalue weighted by atomic mass is 10.0. The van der Waals surface area contributed by atoms with Gasteiger partial charge in [0.15, 0.2) is 0 Å². The zero-order chi connectivity index (χ0) is 17.0. The van der Waals surface area contributed by atoms with Crippen molar-refractivity contribution in [2.24, 2.45) is 0 Å². The molecule has 1 amide bonds. The SMILES string of the molecule is COc1ccc(C(CO)N(C)C(=O)c2ccc(C)c(F)c2)cc1. The standard InChI is InChI=1S/C18H20FNO3/c1-12-4-5-14(10-16(12)19)18(22)20(2)17(11-21)13-6-8-15(23-3)9-7-13/h4-10,17,21H,11H2,1-3H3. The Balaban J connectivity index is 2.25. The highest BCUT2D eigenvalue weighted by molar-refractivity contribution is 5.94. The van der Waals surface area contributed by atoms with Gasteiger partial charge in [-0.2, -0.15) is 0 Å². The van der Waals surface area contributed by atoms with E-state index in [0.717, 1.165) is 5.56 Å². The lowest BCUT2D eigenvalue weighted by Gasteiger charge is -2.27. The van der Waals surface area contributed by atoms with Gasteiger partial charge in [-0.3, -0.25) is 4.79 Å². The summed E-state index contributed by atoms with van der Waals surface area (Å²) in [4.78, 5) is 13.9. The van der Waals surface area contributed by atoms with E-state index in [9.17, 15) is 14.3 Å². The molecule has 0 heterocycles. The van der Waals surface area contributed by atoms with E-state index in [1.165, 1.54) is 11.0 Å². The molecule has 2 rings (SSSR count). The van der Waals surface area contributed by atoms with Crippen LogP contribution in [0.5, 0.6) is 5.75 Å². The Kier molecular flexibility index (Phi) is 5.34. The quantitative estimate of drug-likeness (QED) is 0.922. The van der Waals surface area contributed by atoms with Crippen LogP contribution in [0, 0.1) is 12.7 Å². The Morgan fingerprint density at radius 2 is 1.91 bits per heavy atom. The summed E-state index contributed by atoms with van der Waals surface area (Å²) in [7, 11) is 3.16. The molecule has 0 aliphatic heterocycles. The minimum Gasteiger partial charge on any atom is -0.497 e. The number of hydrogen-bond donors (Lipinski definition) is 1. The van der Waals surface area contributed by atoms with E-state index in [-0.39, 0.29) is 18.1 Å². The van der Waals surface area contributed by atoms with Crippen molar-refractivity contribution < 1.29 is 19.0 Å². The number of hydrogen-bond acceptors (Lipinski definition) is 3. The summed E-state index contributed by atoms with van der Waals surface area (Å²) in [5.74, 6) is -0.0759. The van der Waals surface area contributed by atoms with Crippen LogP contribution >= 0.6 is 0 Å². The van der Waals surface area contributed by atoms with Gasteiger partial charge in [0.05, 0.1) is 19.8 Å². The zero-order valence-corrected chi connectivity index (χ0v) is 13.4. The van der Waals surface area contributed by atoms with Crippen molar-refractivity contribution in [3.8, 4) is 5.75 Å². The number of ether oxygens (including phenoxy) is 1. The topological polar surface area (TPSA) is 49.8 Å². The third-order valence-electron chi connectivity index (χ3n) is 3.88. The fraction of sp³-hybridized carbons (Fsp3) is 0.278. The molecule has 4 nitrogen and oxygen atoms in total. The molecule has 0 radical (unpaired) electrons. The van der Waals surface area contributed by atoms with Crippen molar-refractivity contribution >= 4 is 5.91 Å². The number of likely N-dealkylation sites (N-methyl/N-ethyl adjacent to an activating group) is 1. The Morgan fingerprint density at radius 1 is 1.26 bits per heavy atom. The number of carbonyl (C=O) groups is 1. The largest absolute Gasteiger partial charge is 0.497 e. The van der Waals surface area contributed by atoms with Gasteiger partial charge >= 0.3 is 0 Å². The number of nitrogens with zero attached hydrogens (tertiary/aromatic N) is 1. The van der Waals surface area contributed by atoms with Gasteiger partial charge in [-0.15, -0.1) is 0 Å². The van der Waals surface area contributed by atoms with Crippen LogP contribution in [-0.2, 0) is 0 Å². The Hall–Kier alpha value is -2.40. The fourth-order valence-electron chi connectivity index (χ4n) is 2.35. The van der Waals surface area contributed by atoms with E-state index in [4.69, 9.17) is 4.74 Å². The summed E-state index contributed by atoms with van der Waals surface area (Å²) < 4.78 is 18.8. The van der Waals surface area contributed by atoms with Crippen molar-refractivity contribution in [3.63, 3.8) is 0 Å². The van der Waals surface area contributed by atoms with Gasteiger partial charge in [-0.25, -0.2) is 4.39 Å². The lowest BCUT2D eigenvalue weighted by molar-refractivity contribution is 0.0658. The molecular formula is C18H20FNO3. The minimum atomic E-state index is -0.516. The second kappa shape index (κ2) is 7.24. The van der Waals surface area contributed by atoms with E-state index in [0.29, 0.717) is 11.3 Å². The normalized spacial score (nSPS) is 11.9. The molecular weight excluding hydrogens is 297 g/mol. The van der Waals surface area contributed by atoms with Gasteiger partial charge in [0.1, 0.15) is 11.6 Å². The van der Waals surface area contributed by atoms with Crippen molar-refractivity contribution in [2.75, 3.05) is 20.8 Å². The summed E-state index contributed by atoms with van der Waals surface area (Å²) in [5.41, 5.74) is 1.51. The highest BCUT2D eigenvalue weighted by Crippen LogP contribution is 2.23. The zero-order valence-electron chi connectivity index (χ0n) is 13.4. The monoisotopic (exact) mass is 317 g/mol. The lowest BCUT2D eigenvalue weighted by Crippen LogP contribution is -2.33. The molecule has 0 aromatic heterocycles. The highest BCUT2D eigenvalue weighted by atomic mass is 19.1. The van der Waals surface area contributed by atoms with Crippen molar-refractivity contribution in [1.29, 1.82) is 0 Å². The highest BCUT2D eigenvalue weighted by Gasteiger charge is 2.22. The third kappa shape index (κ3) is 3.68. The van der Waals surface area contributed by atoms with Crippen molar-refractivity contribution in [1.82, 2.24) is 4.90 Å². The molecule has 122 valence electrons. The molecule has 1 unspecified atom stereocenters. The van der Waals surface area contributed by atoms with Gasteiger partial charge in [0.25, 0.3) is 5.91 Å². The first-order valence-electron chi connectivity index (χ1n) is 7.26. The first-order valence-corrected chi connectivity index (χ1v) is 7.26. The first-order chi connectivity index (χ1) is 11.0. The summed E-state index contributed by atoms with van der Waals surface area (Å²) in [6.45, 7) is 1.41. The molecule has 0 aliphatic carbocycles. The number of carbonyl (C=O) groups excluding carboxylic acids is 1. The summed E-state index contributed by atoms with van der Waals surface area (Å²) >= 11 is 0. The molecule has 0 spiro atoms. The molecule has 0 fully saturated rings. The molecule has 2 aromatic carbocycles. The van der Waals surface area contributed by atoms with Gasteiger partial charge in [-0.1, -0.05) is 18.2 Å². The number of methoxy groups -OCH3 is 1. The van der Waals surface area contributed by atoms with Crippen LogP contribution in [-0.4, -0.2) is 36.7 Å². The summed E-state index contributed by atoms with van der Waals surface area (Å²) in [6.07, 6.45) is 0. The van der Waals surface area contributed by atoms with E-state index >= 15 is 0 Å². The average Bonchev–Trinajstić information content (AvgIpc) is 2.57. The maximum absolute atomic E-state index is 13.7. The summed E-state index contributed by atoms with van der Waals surface area (Å²) in [6, 6.07) is 11.0. The number of benzene rings is 2. The third-order valence-corrected chi connectivity index (χ3v) is 3.88. The maximum atomic E-state index is 13.7. The van der Waals surface area contributed by atoms with Crippen LogP contribution in [0.1, 0.15) is 27.5 Å². The number of aliphatic hydroxyl groups is 1. The molecule has 1 atom stereocenters. The smallest absolute Gasteiger partial charge is 0.254 e. The number of halogens is 1. The first kappa shape index (κ1) is 17.0. The van der Waals surface area contributed by atoms with Gasteiger partial charge in [0.2, 0.25) is 0 Å². The van der Waals surface area contributed by atoms with Crippen LogP contribution in [0.3, 0.4) is 0 Å². The van der Waals surface area contributed by atoms with E-state index in [1.54, 1.807) is 57.5 Å². The average molecular weight is 317 g/mol. The molecule has 0 saturated carbocycles. The molecule has 1 N–H and O–H groups in total. The Labute approximate surface area is 135 Å². The molecule has 0 saturated heterocycles. The van der Waals surface area contributed by atoms with Gasteiger partial charge < -0.3 is 14.7 Å². The predicted octanol–water partition coefficient (Wildman–Crippen LogP) is 2.95. The molecule has 0 aliphatic rings. The maximum Gasteiger partial charge on any atom is 0.254 e. The predicted molar refractivity (Wildman–Crippen MR) is 86.1 cm³/mol. The number of amides is 1. The molecule has 23 heavy (non-hydrogen) atoms. The van der Waals surface area contributed by atoms with Crippen LogP contribution in [0.2, 0.25) is 0 Å². The minimum absolute atomic E-state index is 0.233. The van der Waals surface area contributed by atoms with Gasteiger partial charge in [0, 0.05) is 12.6 Å². The molecule has 5 heteroatoms. The van der Waals surface area contributed by atoms with E-state index in [1.807, 2.05) is 0 Å². The molecule has 2 aromatic rings. The van der Waals surface area contributed by atoms with Crippen LogP contribution in [0.15, 0.2) is 42.5 Å². The molecule has 0 bridgehead atoms. The fourth-order valence-corrected chi connectivity index (χ4v) is 2.35. The van der Waals surface area contributed by atoms with Crippen molar-refractivity contribution in [3.05, 3.63) is 65.0 Å². The van der Waals surface area contributed by atoms with Gasteiger partial charge in [-0.05, 0) is 42.3 Å². The number of aryl methyl sites for hydroxylation is 1. The van der Waals surface area contributed by atoms with Crippen LogP contribution in [0.4, 0.5) is 4.39 Å². The second-order valence-corrected chi connectivity index (χ2v) is 5.35. The second-order valence-electron chi connectivity index (χ2n) is 5.35. The van der Waals surface area contributed by atoms with Crippen LogP contribution < -0.4 is 4.74 Å².